The highest BCUT2D eigenvalue weighted by Crippen LogP contribution is 2.17. The fraction of sp³-hybridized carbons (Fsp3) is 0.364. The van der Waals surface area contributed by atoms with Gasteiger partial charge in [-0.2, -0.15) is 0 Å². The van der Waals surface area contributed by atoms with E-state index in [-0.39, 0.29) is 6.54 Å². The van der Waals surface area contributed by atoms with Gasteiger partial charge in [0.1, 0.15) is 5.82 Å². The molecule has 0 aromatic heterocycles. The largest absolute Gasteiger partial charge is 0.469 e. The van der Waals surface area contributed by atoms with Crippen LogP contribution in [0.15, 0.2) is 24.3 Å². The van der Waals surface area contributed by atoms with E-state index >= 15 is 0 Å². The number of sulfonamides is 1. The van der Waals surface area contributed by atoms with Crippen LogP contribution in [0.1, 0.15) is 11.5 Å². The van der Waals surface area contributed by atoms with Crippen LogP contribution in [-0.2, 0) is 19.6 Å². The van der Waals surface area contributed by atoms with Crippen molar-refractivity contribution in [1.29, 1.82) is 0 Å². The van der Waals surface area contributed by atoms with Crippen molar-refractivity contribution in [3.63, 3.8) is 0 Å². The molecule has 1 aromatic carbocycles. The highest BCUT2D eigenvalue weighted by atomic mass is 32.2. The number of hydrogen-bond donors (Lipinski definition) is 1. The van der Waals surface area contributed by atoms with Gasteiger partial charge in [-0.15, -0.1) is 0 Å². The second-order valence-corrected chi connectivity index (χ2v) is 5.58. The molecular formula is C11H14FNO4S. The summed E-state index contributed by atoms with van der Waals surface area (Å²) in [5.74, 6) is -1.82. The molecule has 7 heteroatoms. The van der Waals surface area contributed by atoms with Gasteiger partial charge >= 0.3 is 5.97 Å². The van der Waals surface area contributed by atoms with E-state index in [0.717, 1.165) is 6.26 Å². The Bertz CT molecular complexity index is 512. The fourth-order valence-corrected chi connectivity index (χ4v) is 1.88. The summed E-state index contributed by atoms with van der Waals surface area (Å²) in [7, 11) is -2.20. The number of esters is 1. The number of hydrogen-bond acceptors (Lipinski definition) is 4. The minimum Gasteiger partial charge on any atom is -0.469 e. The monoisotopic (exact) mass is 275 g/mol. The first kappa shape index (κ1) is 14.6. The van der Waals surface area contributed by atoms with Crippen LogP contribution in [0.5, 0.6) is 0 Å². The van der Waals surface area contributed by atoms with Gasteiger partial charge in [-0.25, -0.2) is 17.5 Å². The van der Waals surface area contributed by atoms with Crippen molar-refractivity contribution in [3.05, 3.63) is 35.6 Å². The third-order valence-corrected chi connectivity index (χ3v) is 3.00. The minimum absolute atomic E-state index is 0.128. The zero-order valence-corrected chi connectivity index (χ0v) is 10.8. The SMILES string of the molecule is COC(=O)C(CNS(C)(=O)=O)c1ccc(F)cc1. The predicted molar refractivity (Wildman–Crippen MR) is 64.0 cm³/mol. The molecule has 0 radical (unpaired) electrons. The molecule has 0 amide bonds. The molecule has 1 unspecified atom stereocenters. The van der Waals surface area contributed by atoms with Crippen LogP contribution in [0.4, 0.5) is 4.39 Å². The van der Waals surface area contributed by atoms with E-state index in [1.165, 1.54) is 31.4 Å². The molecule has 0 bridgehead atoms. The van der Waals surface area contributed by atoms with Crippen LogP contribution in [0.2, 0.25) is 0 Å². The van der Waals surface area contributed by atoms with E-state index in [9.17, 15) is 17.6 Å². The Labute approximate surface area is 105 Å². The van der Waals surface area contributed by atoms with E-state index in [1.54, 1.807) is 0 Å². The molecule has 1 N–H and O–H groups in total. The third kappa shape index (κ3) is 4.42. The maximum Gasteiger partial charge on any atom is 0.314 e. The molecule has 0 aliphatic rings. The first-order valence-electron chi connectivity index (χ1n) is 5.11. The summed E-state index contributed by atoms with van der Waals surface area (Å²) in [5.41, 5.74) is 0.486. The Balaban J connectivity index is 2.91. The topological polar surface area (TPSA) is 72.5 Å². The summed E-state index contributed by atoms with van der Waals surface area (Å²) >= 11 is 0. The molecule has 18 heavy (non-hydrogen) atoms. The van der Waals surface area contributed by atoms with Crippen molar-refractivity contribution in [2.75, 3.05) is 19.9 Å². The molecular weight excluding hydrogens is 261 g/mol. The standard InChI is InChI=1S/C11H14FNO4S/c1-17-11(14)10(7-13-18(2,15)16)8-3-5-9(12)6-4-8/h3-6,10,13H,7H2,1-2H3. The average Bonchev–Trinajstić information content (AvgIpc) is 2.29. The van der Waals surface area contributed by atoms with Crippen molar-refractivity contribution in [1.82, 2.24) is 4.72 Å². The number of nitrogens with one attached hydrogen (secondary N) is 1. The van der Waals surface area contributed by atoms with Crippen LogP contribution in [0, 0.1) is 5.82 Å². The highest BCUT2D eigenvalue weighted by Gasteiger charge is 2.22. The van der Waals surface area contributed by atoms with Gasteiger partial charge in [-0.3, -0.25) is 4.79 Å². The van der Waals surface area contributed by atoms with Gasteiger partial charge in [0.2, 0.25) is 10.0 Å². The quantitative estimate of drug-likeness (QED) is 0.800. The number of halogens is 1. The molecule has 1 atom stereocenters. The number of ether oxygens (including phenoxy) is 1. The smallest absolute Gasteiger partial charge is 0.314 e. The number of methoxy groups -OCH3 is 1. The summed E-state index contributed by atoms with van der Waals surface area (Å²) in [6, 6.07) is 5.24. The molecule has 0 fully saturated rings. The summed E-state index contributed by atoms with van der Waals surface area (Å²) < 4.78 is 41.6. The molecule has 0 aliphatic carbocycles. The van der Waals surface area contributed by atoms with Gasteiger partial charge < -0.3 is 4.74 Å². The normalized spacial score (nSPS) is 13.1. The first-order valence-corrected chi connectivity index (χ1v) is 7.00. The number of benzene rings is 1. The minimum atomic E-state index is -3.41. The summed E-state index contributed by atoms with van der Waals surface area (Å²) in [5, 5.41) is 0. The lowest BCUT2D eigenvalue weighted by Gasteiger charge is -2.15. The van der Waals surface area contributed by atoms with Crippen molar-refractivity contribution in [2.24, 2.45) is 0 Å². The Morgan fingerprint density at radius 2 is 1.94 bits per heavy atom. The zero-order chi connectivity index (χ0) is 13.8. The number of rotatable bonds is 5. The lowest BCUT2D eigenvalue weighted by atomic mass is 9.99. The molecule has 0 aliphatic heterocycles. The Morgan fingerprint density at radius 3 is 2.39 bits per heavy atom. The maximum absolute atomic E-state index is 12.8. The zero-order valence-electron chi connectivity index (χ0n) is 10.0. The van der Waals surface area contributed by atoms with Crippen LogP contribution in [-0.4, -0.2) is 34.3 Å². The predicted octanol–water partition coefficient (Wildman–Crippen LogP) is 0.632. The van der Waals surface area contributed by atoms with Crippen LogP contribution in [0.3, 0.4) is 0 Å². The Hall–Kier alpha value is -1.47. The van der Waals surface area contributed by atoms with Crippen molar-refractivity contribution in [3.8, 4) is 0 Å². The summed E-state index contributed by atoms with van der Waals surface area (Å²) in [6.45, 7) is -0.128. The van der Waals surface area contributed by atoms with Gasteiger partial charge in [0.25, 0.3) is 0 Å². The van der Waals surface area contributed by atoms with Gasteiger partial charge in [0.05, 0.1) is 19.3 Å². The summed E-state index contributed by atoms with van der Waals surface area (Å²) in [4.78, 5) is 11.6. The molecule has 1 rings (SSSR count). The Kier molecular flexibility index (Phi) is 4.80. The fourth-order valence-electron chi connectivity index (χ4n) is 1.41. The third-order valence-electron chi connectivity index (χ3n) is 2.31. The second kappa shape index (κ2) is 5.92. The van der Waals surface area contributed by atoms with E-state index in [1.807, 2.05) is 0 Å². The molecule has 5 nitrogen and oxygen atoms in total. The van der Waals surface area contributed by atoms with Crippen LogP contribution >= 0.6 is 0 Å². The first-order chi connectivity index (χ1) is 8.33. The van der Waals surface area contributed by atoms with E-state index in [0.29, 0.717) is 5.56 Å². The maximum atomic E-state index is 12.8. The van der Waals surface area contributed by atoms with Crippen molar-refractivity contribution < 1.29 is 22.3 Å². The lowest BCUT2D eigenvalue weighted by Crippen LogP contribution is -2.31. The summed E-state index contributed by atoms with van der Waals surface area (Å²) in [6.07, 6.45) is 0.992. The lowest BCUT2D eigenvalue weighted by molar-refractivity contribution is -0.142. The van der Waals surface area contributed by atoms with Gasteiger partial charge in [0.15, 0.2) is 0 Å². The van der Waals surface area contributed by atoms with E-state index < -0.39 is 27.7 Å². The highest BCUT2D eigenvalue weighted by molar-refractivity contribution is 7.88. The van der Waals surface area contributed by atoms with Gasteiger partial charge in [0, 0.05) is 6.54 Å². The number of carbonyl (C=O) groups excluding carboxylic acids is 1. The van der Waals surface area contributed by atoms with E-state index in [4.69, 9.17) is 0 Å². The van der Waals surface area contributed by atoms with Crippen LogP contribution < -0.4 is 4.72 Å². The average molecular weight is 275 g/mol. The molecule has 100 valence electrons. The molecule has 0 heterocycles. The van der Waals surface area contributed by atoms with Crippen molar-refractivity contribution >= 4 is 16.0 Å². The van der Waals surface area contributed by atoms with Gasteiger partial charge in [-0.05, 0) is 17.7 Å². The van der Waals surface area contributed by atoms with E-state index in [2.05, 4.69) is 9.46 Å². The molecule has 1 aromatic rings. The van der Waals surface area contributed by atoms with Crippen LogP contribution in [0.25, 0.3) is 0 Å². The molecule has 0 spiro atoms. The van der Waals surface area contributed by atoms with Crippen molar-refractivity contribution in [2.45, 2.75) is 5.92 Å². The van der Waals surface area contributed by atoms with Gasteiger partial charge in [-0.1, -0.05) is 12.1 Å². The molecule has 0 saturated heterocycles. The second-order valence-electron chi connectivity index (χ2n) is 3.75. The number of carbonyl (C=O) groups is 1. The molecule has 0 saturated carbocycles. The Morgan fingerprint density at radius 1 is 1.39 bits per heavy atom.